The number of hydrogen-bond acceptors (Lipinski definition) is 3. The van der Waals surface area contributed by atoms with Crippen LogP contribution < -0.4 is 5.73 Å². The largest absolute Gasteiger partial charge is 0.329 e. The first-order valence-electron chi connectivity index (χ1n) is 5.41. The third-order valence-electron chi connectivity index (χ3n) is 2.63. The maximum Gasteiger partial charge on any atom is 0.169 e. The zero-order valence-corrected chi connectivity index (χ0v) is 10.7. The molecule has 16 heavy (non-hydrogen) atoms. The van der Waals surface area contributed by atoms with Crippen LogP contribution in [0.5, 0.6) is 0 Å². The van der Waals surface area contributed by atoms with Crippen LogP contribution in [0, 0.1) is 6.92 Å². The average Bonchev–Trinajstić information content (AvgIpc) is 2.55. The van der Waals surface area contributed by atoms with Gasteiger partial charge in [0.05, 0.1) is 11.0 Å². The van der Waals surface area contributed by atoms with E-state index < -0.39 is 0 Å². The first kappa shape index (κ1) is 11.5. The highest BCUT2D eigenvalue weighted by atomic mass is 32.2. The number of aromatic nitrogens is 2. The van der Waals surface area contributed by atoms with E-state index in [2.05, 4.69) is 48.6 Å². The van der Waals surface area contributed by atoms with Crippen molar-refractivity contribution in [2.75, 3.05) is 6.54 Å². The summed E-state index contributed by atoms with van der Waals surface area (Å²) in [5.74, 6) is 0. The van der Waals surface area contributed by atoms with Gasteiger partial charge in [-0.2, -0.15) is 0 Å². The summed E-state index contributed by atoms with van der Waals surface area (Å²) in [7, 11) is 2.05. The van der Waals surface area contributed by atoms with Gasteiger partial charge in [0.1, 0.15) is 0 Å². The van der Waals surface area contributed by atoms with Crippen molar-refractivity contribution in [2.45, 2.75) is 24.3 Å². The molecule has 2 rings (SSSR count). The Bertz CT molecular complexity index is 504. The quantitative estimate of drug-likeness (QED) is 0.830. The van der Waals surface area contributed by atoms with Gasteiger partial charge in [-0.05, 0) is 24.6 Å². The lowest BCUT2D eigenvalue weighted by Gasteiger charge is -2.07. The molecule has 0 aliphatic rings. The Kier molecular flexibility index (Phi) is 3.21. The third-order valence-corrected chi connectivity index (χ3v) is 3.80. The van der Waals surface area contributed by atoms with E-state index in [1.54, 1.807) is 11.8 Å². The van der Waals surface area contributed by atoms with Crippen molar-refractivity contribution in [3.8, 4) is 0 Å². The Morgan fingerprint density at radius 1 is 1.50 bits per heavy atom. The van der Waals surface area contributed by atoms with Gasteiger partial charge in [0, 0.05) is 18.8 Å². The predicted molar refractivity (Wildman–Crippen MR) is 69.8 cm³/mol. The monoisotopic (exact) mass is 235 g/mol. The minimum atomic E-state index is 0.400. The van der Waals surface area contributed by atoms with Gasteiger partial charge in [-0.1, -0.05) is 24.8 Å². The van der Waals surface area contributed by atoms with Crippen molar-refractivity contribution in [3.05, 3.63) is 23.8 Å². The predicted octanol–water partition coefficient (Wildman–Crippen LogP) is 2.32. The van der Waals surface area contributed by atoms with E-state index in [1.165, 1.54) is 11.1 Å². The second-order valence-corrected chi connectivity index (χ2v) is 5.52. The summed E-state index contributed by atoms with van der Waals surface area (Å²) in [4.78, 5) is 4.63. The molecular formula is C12H17N3S. The van der Waals surface area contributed by atoms with Gasteiger partial charge in [-0.15, -0.1) is 0 Å². The van der Waals surface area contributed by atoms with Gasteiger partial charge in [-0.3, -0.25) is 0 Å². The van der Waals surface area contributed by atoms with Crippen LogP contribution in [0.15, 0.2) is 23.4 Å². The molecule has 3 nitrogen and oxygen atoms in total. The Morgan fingerprint density at radius 3 is 2.94 bits per heavy atom. The van der Waals surface area contributed by atoms with Crippen LogP contribution >= 0.6 is 11.8 Å². The van der Waals surface area contributed by atoms with Gasteiger partial charge in [0.15, 0.2) is 5.16 Å². The molecule has 0 spiro atoms. The van der Waals surface area contributed by atoms with E-state index in [0.717, 1.165) is 10.7 Å². The number of imidazole rings is 1. The van der Waals surface area contributed by atoms with E-state index in [4.69, 9.17) is 5.73 Å². The van der Waals surface area contributed by atoms with Gasteiger partial charge < -0.3 is 10.3 Å². The fourth-order valence-corrected chi connectivity index (χ4v) is 2.48. The molecule has 1 heterocycles. The molecule has 0 aliphatic heterocycles. The third kappa shape index (κ3) is 2.08. The van der Waals surface area contributed by atoms with Crippen LogP contribution in [0.2, 0.25) is 0 Å². The number of benzene rings is 1. The van der Waals surface area contributed by atoms with E-state index in [1.807, 2.05) is 0 Å². The SMILES string of the molecule is Cc1ccc2c(c1)nc(SC(C)CN)n2C. The van der Waals surface area contributed by atoms with Gasteiger partial charge in [0.2, 0.25) is 0 Å². The minimum Gasteiger partial charge on any atom is -0.329 e. The fraction of sp³-hybridized carbons (Fsp3) is 0.417. The van der Waals surface area contributed by atoms with Gasteiger partial charge in [-0.25, -0.2) is 4.98 Å². The molecule has 0 amide bonds. The summed E-state index contributed by atoms with van der Waals surface area (Å²) in [6.07, 6.45) is 0. The number of nitrogens with zero attached hydrogens (tertiary/aromatic N) is 2. The standard InChI is InChI=1S/C12H17N3S/c1-8-4-5-11-10(6-8)14-12(15(11)3)16-9(2)7-13/h4-6,9H,7,13H2,1-3H3. The van der Waals surface area contributed by atoms with Gasteiger partial charge in [0.25, 0.3) is 0 Å². The first-order valence-corrected chi connectivity index (χ1v) is 6.29. The number of nitrogens with two attached hydrogens (primary N) is 1. The lowest BCUT2D eigenvalue weighted by molar-refractivity contribution is 0.807. The topological polar surface area (TPSA) is 43.8 Å². The van der Waals surface area contributed by atoms with Crippen molar-refractivity contribution in [1.29, 1.82) is 0 Å². The highest BCUT2D eigenvalue weighted by molar-refractivity contribution is 7.99. The average molecular weight is 235 g/mol. The Balaban J connectivity index is 2.43. The van der Waals surface area contributed by atoms with Crippen LogP contribution in [-0.4, -0.2) is 21.3 Å². The lowest BCUT2D eigenvalue weighted by atomic mass is 10.2. The maximum atomic E-state index is 5.63. The molecule has 0 aliphatic carbocycles. The summed E-state index contributed by atoms with van der Waals surface area (Å²) < 4.78 is 2.13. The number of aryl methyl sites for hydroxylation is 2. The number of hydrogen-bond donors (Lipinski definition) is 1. The Morgan fingerprint density at radius 2 is 2.25 bits per heavy atom. The molecule has 0 radical (unpaired) electrons. The lowest BCUT2D eigenvalue weighted by Crippen LogP contribution is -2.13. The van der Waals surface area contributed by atoms with E-state index >= 15 is 0 Å². The molecule has 1 aromatic heterocycles. The number of thioether (sulfide) groups is 1. The summed E-state index contributed by atoms with van der Waals surface area (Å²) in [6, 6.07) is 6.35. The summed E-state index contributed by atoms with van der Waals surface area (Å²) in [5, 5.41) is 1.44. The van der Waals surface area contributed by atoms with Crippen LogP contribution in [0.25, 0.3) is 11.0 Å². The Labute approximate surface area is 100 Å². The van der Waals surface area contributed by atoms with Crippen LogP contribution in [0.3, 0.4) is 0 Å². The number of rotatable bonds is 3. The second kappa shape index (κ2) is 4.47. The summed E-state index contributed by atoms with van der Waals surface area (Å²) >= 11 is 1.73. The maximum absolute atomic E-state index is 5.63. The van der Waals surface area contributed by atoms with Crippen molar-refractivity contribution < 1.29 is 0 Å². The normalized spacial score (nSPS) is 13.2. The molecule has 0 fully saturated rings. The smallest absolute Gasteiger partial charge is 0.169 e. The minimum absolute atomic E-state index is 0.400. The van der Waals surface area contributed by atoms with E-state index in [0.29, 0.717) is 11.8 Å². The van der Waals surface area contributed by atoms with E-state index in [-0.39, 0.29) is 0 Å². The molecule has 1 unspecified atom stereocenters. The van der Waals surface area contributed by atoms with Crippen molar-refractivity contribution >= 4 is 22.8 Å². The molecule has 0 bridgehead atoms. The first-order chi connectivity index (χ1) is 7.61. The van der Waals surface area contributed by atoms with Crippen molar-refractivity contribution in [2.24, 2.45) is 12.8 Å². The van der Waals surface area contributed by atoms with Crippen molar-refractivity contribution in [3.63, 3.8) is 0 Å². The molecule has 86 valence electrons. The second-order valence-electron chi connectivity index (χ2n) is 4.11. The zero-order chi connectivity index (χ0) is 11.7. The fourth-order valence-electron chi connectivity index (χ4n) is 1.62. The number of fused-ring (bicyclic) bond motifs is 1. The molecule has 4 heteroatoms. The molecule has 0 saturated heterocycles. The molecule has 2 N–H and O–H groups in total. The summed E-state index contributed by atoms with van der Waals surface area (Å²) in [6.45, 7) is 4.88. The van der Waals surface area contributed by atoms with Crippen LogP contribution in [0.4, 0.5) is 0 Å². The zero-order valence-electron chi connectivity index (χ0n) is 9.90. The molecular weight excluding hydrogens is 218 g/mol. The molecule has 2 aromatic rings. The highest BCUT2D eigenvalue weighted by Gasteiger charge is 2.10. The van der Waals surface area contributed by atoms with Crippen LogP contribution in [-0.2, 0) is 7.05 Å². The van der Waals surface area contributed by atoms with Gasteiger partial charge >= 0.3 is 0 Å². The summed E-state index contributed by atoms with van der Waals surface area (Å²) in [5.41, 5.74) is 9.12. The molecule has 1 aromatic carbocycles. The molecule has 0 saturated carbocycles. The molecule has 1 atom stereocenters. The van der Waals surface area contributed by atoms with E-state index in [9.17, 15) is 0 Å². The Hall–Kier alpha value is -1.00. The highest BCUT2D eigenvalue weighted by Crippen LogP contribution is 2.26. The van der Waals surface area contributed by atoms with Crippen molar-refractivity contribution in [1.82, 2.24) is 9.55 Å². The van der Waals surface area contributed by atoms with Crippen LogP contribution in [0.1, 0.15) is 12.5 Å².